The molecule has 0 saturated carbocycles. The highest BCUT2D eigenvalue weighted by Crippen LogP contribution is 2.38. The smallest absolute Gasteiger partial charge is 0.128 e. The van der Waals surface area contributed by atoms with Crippen molar-refractivity contribution in [1.29, 1.82) is 0 Å². The molecule has 2 nitrogen and oxygen atoms in total. The summed E-state index contributed by atoms with van der Waals surface area (Å²) in [5, 5.41) is 12.7. The van der Waals surface area contributed by atoms with Gasteiger partial charge in [0.25, 0.3) is 0 Å². The fraction of sp³-hybridized carbons (Fsp3) is 0.474. The van der Waals surface area contributed by atoms with Crippen LogP contribution >= 0.6 is 0 Å². The first-order valence-corrected chi connectivity index (χ1v) is 8.06. The Bertz CT molecular complexity index is 634. The summed E-state index contributed by atoms with van der Waals surface area (Å²) < 4.78 is 0. The molecule has 0 amide bonds. The van der Waals surface area contributed by atoms with Crippen LogP contribution in [0.15, 0.2) is 36.4 Å². The van der Waals surface area contributed by atoms with Crippen molar-refractivity contribution in [2.24, 2.45) is 5.92 Å². The summed E-state index contributed by atoms with van der Waals surface area (Å²) in [6, 6.07) is 13.2. The number of hydrogen-bond donors (Lipinski definition) is 1. The largest absolute Gasteiger partial charge is 0.507 e. The lowest BCUT2D eigenvalue weighted by Gasteiger charge is -2.33. The Morgan fingerprint density at radius 3 is 2.62 bits per heavy atom. The van der Waals surface area contributed by atoms with Crippen LogP contribution in [0, 0.1) is 5.92 Å². The van der Waals surface area contributed by atoms with Crippen LogP contribution < -0.4 is 0 Å². The van der Waals surface area contributed by atoms with E-state index in [1.54, 1.807) is 0 Å². The van der Waals surface area contributed by atoms with E-state index in [0.717, 1.165) is 22.9 Å². The first kappa shape index (κ1) is 14.4. The molecule has 112 valence electrons. The molecule has 1 aliphatic heterocycles. The number of benzene rings is 2. The van der Waals surface area contributed by atoms with Gasteiger partial charge in [0.05, 0.1) is 0 Å². The molecular weight excluding hydrogens is 258 g/mol. The van der Waals surface area contributed by atoms with Gasteiger partial charge >= 0.3 is 0 Å². The number of nitrogens with zero attached hydrogens (tertiary/aromatic N) is 1. The zero-order valence-electron chi connectivity index (χ0n) is 13.2. The Morgan fingerprint density at radius 1 is 1.10 bits per heavy atom. The summed E-state index contributed by atoms with van der Waals surface area (Å²) in [6.07, 6.45) is 2.54. The second-order valence-corrected chi connectivity index (χ2v) is 6.59. The van der Waals surface area contributed by atoms with Crippen molar-refractivity contribution in [2.75, 3.05) is 6.54 Å². The monoisotopic (exact) mass is 283 g/mol. The van der Waals surface area contributed by atoms with Crippen molar-refractivity contribution in [3.05, 3.63) is 42.0 Å². The van der Waals surface area contributed by atoms with Crippen LogP contribution in [0.25, 0.3) is 10.8 Å². The predicted molar refractivity (Wildman–Crippen MR) is 88.6 cm³/mol. The van der Waals surface area contributed by atoms with Gasteiger partial charge in [-0.25, -0.2) is 0 Å². The van der Waals surface area contributed by atoms with E-state index in [0.29, 0.717) is 17.7 Å². The second kappa shape index (κ2) is 5.69. The number of phenolic OH excluding ortho intramolecular Hbond substituents is 1. The van der Waals surface area contributed by atoms with Gasteiger partial charge in [0.1, 0.15) is 5.75 Å². The molecule has 1 saturated heterocycles. The first-order chi connectivity index (χ1) is 10.1. The van der Waals surface area contributed by atoms with Crippen molar-refractivity contribution in [3.63, 3.8) is 0 Å². The average molecular weight is 283 g/mol. The van der Waals surface area contributed by atoms with E-state index in [4.69, 9.17) is 0 Å². The lowest BCUT2D eigenvalue weighted by Crippen LogP contribution is -2.35. The van der Waals surface area contributed by atoms with Gasteiger partial charge in [-0.05, 0) is 37.6 Å². The topological polar surface area (TPSA) is 23.5 Å². The van der Waals surface area contributed by atoms with E-state index in [1.807, 2.05) is 18.2 Å². The molecule has 0 spiro atoms. The number of fused-ring (bicyclic) bond motifs is 1. The van der Waals surface area contributed by atoms with Gasteiger partial charge in [-0.15, -0.1) is 0 Å². The Labute approximate surface area is 127 Å². The molecule has 21 heavy (non-hydrogen) atoms. The summed E-state index contributed by atoms with van der Waals surface area (Å²) in [5.74, 6) is 1.12. The molecule has 0 radical (unpaired) electrons. The van der Waals surface area contributed by atoms with Gasteiger partial charge < -0.3 is 5.11 Å². The highest BCUT2D eigenvalue weighted by atomic mass is 16.3. The van der Waals surface area contributed by atoms with E-state index in [-0.39, 0.29) is 6.04 Å². The van der Waals surface area contributed by atoms with Gasteiger partial charge in [0.15, 0.2) is 0 Å². The number of likely N-dealkylation sites (tertiary alicyclic amines) is 1. The fourth-order valence-electron chi connectivity index (χ4n) is 3.80. The van der Waals surface area contributed by atoms with E-state index in [2.05, 4.69) is 43.9 Å². The second-order valence-electron chi connectivity index (χ2n) is 6.59. The molecule has 0 aliphatic carbocycles. The van der Waals surface area contributed by atoms with Crippen molar-refractivity contribution in [3.8, 4) is 5.75 Å². The predicted octanol–water partition coefficient (Wildman–Crippen LogP) is 4.73. The average Bonchev–Trinajstić information content (AvgIpc) is 2.97. The van der Waals surface area contributed by atoms with Crippen LogP contribution in [0.1, 0.15) is 45.2 Å². The third-order valence-electron chi connectivity index (χ3n) is 4.99. The zero-order valence-corrected chi connectivity index (χ0v) is 13.2. The van der Waals surface area contributed by atoms with Crippen molar-refractivity contribution >= 4 is 10.8 Å². The molecule has 1 heterocycles. The minimum Gasteiger partial charge on any atom is -0.507 e. The fourth-order valence-corrected chi connectivity index (χ4v) is 3.80. The molecule has 0 bridgehead atoms. The molecule has 2 heteroatoms. The highest BCUT2D eigenvalue weighted by Gasteiger charge is 2.32. The number of phenols is 1. The lowest BCUT2D eigenvalue weighted by atomic mass is 9.96. The Balaban J connectivity index is 1.98. The van der Waals surface area contributed by atoms with Crippen LogP contribution in [0.5, 0.6) is 5.75 Å². The minimum absolute atomic E-state index is 0.268. The Kier molecular flexibility index (Phi) is 3.90. The normalized spacial score (nSPS) is 21.2. The van der Waals surface area contributed by atoms with Crippen molar-refractivity contribution in [2.45, 2.75) is 45.7 Å². The number of rotatable bonds is 3. The van der Waals surface area contributed by atoms with Crippen LogP contribution in [-0.2, 0) is 0 Å². The van der Waals surface area contributed by atoms with E-state index >= 15 is 0 Å². The molecule has 2 aromatic rings. The van der Waals surface area contributed by atoms with Gasteiger partial charge in [-0.1, -0.05) is 50.2 Å². The maximum Gasteiger partial charge on any atom is 0.128 e. The Hall–Kier alpha value is -1.54. The molecule has 2 atom stereocenters. The molecule has 3 rings (SSSR count). The van der Waals surface area contributed by atoms with Crippen LogP contribution in [0.4, 0.5) is 0 Å². The number of aromatic hydroxyl groups is 1. The van der Waals surface area contributed by atoms with Crippen molar-refractivity contribution < 1.29 is 5.11 Å². The van der Waals surface area contributed by atoms with Gasteiger partial charge in [0, 0.05) is 23.0 Å². The molecule has 0 aromatic heterocycles. The van der Waals surface area contributed by atoms with E-state index in [9.17, 15) is 5.11 Å². The molecule has 1 fully saturated rings. The zero-order chi connectivity index (χ0) is 15.0. The van der Waals surface area contributed by atoms with Crippen LogP contribution in [0.2, 0.25) is 0 Å². The standard InChI is InChI=1S/C19H25NO/c1-13(2)18-9-6-12-20(18)14(3)16-11-10-15-7-4-5-8-17(15)19(16)21/h4-5,7-8,10-11,13-14,18,21H,6,9,12H2,1-3H3. The third-order valence-corrected chi connectivity index (χ3v) is 4.99. The van der Waals surface area contributed by atoms with E-state index < -0.39 is 0 Å². The molecule has 1 aliphatic rings. The van der Waals surface area contributed by atoms with E-state index in [1.165, 1.54) is 12.8 Å². The summed E-state index contributed by atoms with van der Waals surface area (Å²) in [7, 11) is 0. The number of hydrogen-bond acceptors (Lipinski definition) is 2. The van der Waals surface area contributed by atoms with Gasteiger partial charge in [-0.2, -0.15) is 0 Å². The summed E-state index contributed by atoms with van der Waals surface area (Å²) >= 11 is 0. The molecular formula is C19H25NO. The Morgan fingerprint density at radius 2 is 1.86 bits per heavy atom. The summed E-state index contributed by atoms with van der Waals surface area (Å²) in [4.78, 5) is 2.56. The summed E-state index contributed by atoms with van der Waals surface area (Å²) in [6.45, 7) is 7.96. The quantitative estimate of drug-likeness (QED) is 0.880. The molecule has 1 N–H and O–H groups in total. The summed E-state index contributed by atoms with van der Waals surface area (Å²) in [5.41, 5.74) is 1.06. The maximum absolute atomic E-state index is 10.7. The van der Waals surface area contributed by atoms with Crippen molar-refractivity contribution in [1.82, 2.24) is 4.90 Å². The molecule has 2 unspecified atom stereocenters. The van der Waals surface area contributed by atoms with Crippen LogP contribution in [-0.4, -0.2) is 22.6 Å². The highest BCUT2D eigenvalue weighted by molar-refractivity contribution is 5.89. The maximum atomic E-state index is 10.7. The van der Waals surface area contributed by atoms with Crippen LogP contribution in [0.3, 0.4) is 0 Å². The lowest BCUT2D eigenvalue weighted by molar-refractivity contribution is 0.154. The third kappa shape index (κ3) is 2.53. The van der Waals surface area contributed by atoms with Gasteiger partial charge in [-0.3, -0.25) is 4.90 Å². The SMILES string of the molecule is CC(C)C1CCCN1C(C)c1ccc2ccccc2c1O. The molecule has 2 aromatic carbocycles. The van der Waals surface area contributed by atoms with Gasteiger partial charge in [0.2, 0.25) is 0 Å². The minimum atomic E-state index is 0.268. The first-order valence-electron chi connectivity index (χ1n) is 8.06.